The van der Waals surface area contributed by atoms with Crippen LogP contribution >= 0.6 is 23.1 Å². The van der Waals surface area contributed by atoms with Crippen LogP contribution in [0.3, 0.4) is 0 Å². The van der Waals surface area contributed by atoms with Crippen molar-refractivity contribution in [2.24, 2.45) is 0 Å². The summed E-state index contributed by atoms with van der Waals surface area (Å²) in [6.07, 6.45) is 0.279. The Bertz CT molecular complexity index is 905. The number of nitrogens with zero attached hydrogens (tertiary/aromatic N) is 1. The van der Waals surface area contributed by atoms with Crippen LogP contribution in [-0.4, -0.2) is 28.3 Å². The summed E-state index contributed by atoms with van der Waals surface area (Å²) in [6.45, 7) is 1.26. The fraction of sp³-hybridized carbons (Fsp3) is 0.286. The SMILES string of the molecule is O=C(O)C1=C(SCCCc2cccc(C(F)(F)F)c2)N(Cc2cccs2)CC=C1. The topological polar surface area (TPSA) is 40.5 Å². The average molecular weight is 440 g/mol. The summed E-state index contributed by atoms with van der Waals surface area (Å²) in [4.78, 5) is 14.8. The van der Waals surface area contributed by atoms with Crippen molar-refractivity contribution < 1.29 is 23.1 Å². The number of rotatable bonds is 8. The average Bonchev–Trinajstić information content (AvgIpc) is 3.18. The van der Waals surface area contributed by atoms with Crippen molar-refractivity contribution in [3.63, 3.8) is 0 Å². The second-order valence-electron chi connectivity index (χ2n) is 6.54. The third kappa shape index (κ3) is 5.90. The number of carboxylic acid groups (broad SMARTS) is 1. The molecule has 0 bridgehead atoms. The zero-order valence-corrected chi connectivity index (χ0v) is 17.1. The monoisotopic (exact) mass is 439 g/mol. The van der Waals surface area contributed by atoms with Gasteiger partial charge in [0.1, 0.15) is 0 Å². The number of thioether (sulfide) groups is 1. The molecule has 2 heterocycles. The van der Waals surface area contributed by atoms with Gasteiger partial charge < -0.3 is 10.0 Å². The fourth-order valence-corrected chi connectivity index (χ4v) is 4.86. The van der Waals surface area contributed by atoms with Crippen LogP contribution in [0.25, 0.3) is 0 Å². The molecule has 3 rings (SSSR count). The minimum absolute atomic E-state index is 0.261. The van der Waals surface area contributed by atoms with Crippen molar-refractivity contribution in [1.82, 2.24) is 4.90 Å². The van der Waals surface area contributed by atoms with Gasteiger partial charge in [0.05, 0.1) is 22.7 Å². The summed E-state index contributed by atoms with van der Waals surface area (Å²) in [5.41, 5.74) is 0.252. The van der Waals surface area contributed by atoms with E-state index in [9.17, 15) is 23.1 Å². The van der Waals surface area contributed by atoms with Crippen molar-refractivity contribution in [3.8, 4) is 0 Å². The Kier molecular flexibility index (Phi) is 7.08. The van der Waals surface area contributed by atoms with E-state index in [-0.39, 0.29) is 5.57 Å². The number of thiophene rings is 1. The van der Waals surface area contributed by atoms with E-state index in [1.807, 2.05) is 28.5 Å². The number of aryl methyl sites for hydroxylation is 1. The first-order valence-corrected chi connectivity index (χ1v) is 10.9. The minimum Gasteiger partial charge on any atom is -0.478 e. The minimum atomic E-state index is -4.34. The maximum absolute atomic E-state index is 12.8. The predicted molar refractivity (Wildman–Crippen MR) is 111 cm³/mol. The van der Waals surface area contributed by atoms with Gasteiger partial charge in [-0.05, 0) is 47.7 Å². The molecule has 0 amide bonds. The third-order valence-corrected chi connectivity index (χ3v) is 6.49. The Labute approximate surface area is 175 Å². The van der Waals surface area contributed by atoms with Gasteiger partial charge in [-0.15, -0.1) is 23.1 Å². The molecule has 3 nitrogen and oxygen atoms in total. The van der Waals surface area contributed by atoms with Crippen molar-refractivity contribution in [1.29, 1.82) is 0 Å². The number of halogens is 3. The number of benzene rings is 1. The van der Waals surface area contributed by atoms with Crippen LogP contribution in [0.2, 0.25) is 0 Å². The number of hydrogen-bond acceptors (Lipinski definition) is 4. The summed E-state index contributed by atoms with van der Waals surface area (Å²) < 4.78 is 38.5. The van der Waals surface area contributed by atoms with E-state index in [0.29, 0.717) is 42.3 Å². The highest BCUT2D eigenvalue weighted by atomic mass is 32.2. The smallest absolute Gasteiger partial charge is 0.416 e. The molecule has 0 unspecified atom stereocenters. The summed E-state index contributed by atoms with van der Waals surface area (Å²) in [7, 11) is 0. The molecule has 0 atom stereocenters. The van der Waals surface area contributed by atoms with Gasteiger partial charge in [0.15, 0.2) is 0 Å². The Balaban J connectivity index is 1.63. The van der Waals surface area contributed by atoms with Crippen molar-refractivity contribution >= 4 is 29.1 Å². The zero-order chi connectivity index (χ0) is 20.9. The highest BCUT2D eigenvalue weighted by Crippen LogP contribution is 2.32. The van der Waals surface area contributed by atoms with Crippen molar-refractivity contribution in [2.45, 2.75) is 25.6 Å². The summed E-state index contributed by atoms with van der Waals surface area (Å²) >= 11 is 3.07. The molecule has 0 aliphatic carbocycles. The second-order valence-corrected chi connectivity index (χ2v) is 8.65. The standard InChI is InChI=1S/C21H20F3NO2S2/c22-21(23,24)16-7-1-5-15(13-16)6-3-12-29-19-18(20(26)27)9-2-10-25(19)14-17-8-4-11-28-17/h1-2,4-5,7-9,11,13H,3,6,10,12,14H2,(H,26,27). The summed E-state index contributed by atoms with van der Waals surface area (Å²) in [6, 6.07) is 9.33. The lowest BCUT2D eigenvalue weighted by atomic mass is 10.1. The first-order chi connectivity index (χ1) is 13.8. The highest BCUT2D eigenvalue weighted by molar-refractivity contribution is 8.03. The zero-order valence-electron chi connectivity index (χ0n) is 15.5. The molecule has 29 heavy (non-hydrogen) atoms. The number of alkyl halides is 3. The van der Waals surface area contributed by atoms with Crippen LogP contribution in [0, 0.1) is 0 Å². The maximum atomic E-state index is 12.8. The van der Waals surface area contributed by atoms with E-state index in [2.05, 4.69) is 0 Å². The van der Waals surface area contributed by atoms with Crippen LogP contribution < -0.4 is 0 Å². The molecule has 1 aliphatic rings. The Morgan fingerprint density at radius 3 is 2.76 bits per heavy atom. The first-order valence-electron chi connectivity index (χ1n) is 9.05. The van der Waals surface area contributed by atoms with Crippen molar-refractivity contribution in [3.05, 3.63) is 80.5 Å². The van der Waals surface area contributed by atoms with Crippen LogP contribution in [0.15, 0.2) is 64.5 Å². The fourth-order valence-electron chi connectivity index (χ4n) is 3.03. The normalized spacial score (nSPS) is 14.5. The van der Waals surface area contributed by atoms with Crippen LogP contribution in [0.5, 0.6) is 0 Å². The quantitative estimate of drug-likeness (QED) is 0.528. The van der Waals surface area contributed by atoms with E-state index < -0.39 is 17.7 Å². The van der Waals surface area contributed by atoms with Gasteiger partial charge in [-0.2, -0.15) is 13.2 Å². The van der Waals surface area contributed by atoms with Gasteiger partial charge in [0, 0.05) is 11.4 Å². The molecule has 1 aromatic carbocycles. The Morgan fingerprint density at radius 2 is 2.07 bits per heavy atom. The molecule has 0 radical (unpaired) electrons. The number of aliphatic carboxylic acids is 1. The van der Waals surface area contributed by atoms with E-state index in [1.54, 1.807) is 23.5 Å². The molecule has 1 N–H and O–H groups in total. The Morgan fingerprint density at radius 1 is 1.24 bits per heavy atom. The molecule has 0 fully saturated rings. The van der Waals surface area contributed by atoms with Gasteiger partial charge >= 0.3 is 12.1 Å². The highest BCUT2D eigenvalue weighted by Gasteiger charge is 2.30. The molecule has 0 saturated heterocycles. The lowest BCUT2D eigenvalue weighted by Crippen LogP contribution is -2.26. The van der Waals surface area contributed by atoms with Crippen LogP contribution in [0.4, 0.5) is 13.2 Å². The molecule has 0 saturated carbocycles. The summed E-state index contributed by atoms with van der Waals surface area (Å²) in [5, 5.41) is 12.2. The second kappa shape index (κ2) is 9.54. The molecule has 1 aromatic heterocycles. The molecule has 0 spiro atoms. The predicted octanol–water partition coefficient (Wildman–Crippen LogP) is 5.80. The molecule has 154 valence electrons. The Hall–Kier alpha value is -2.19. The van der Waals surface area contributed by atoms with Gasteiger partial charge in [0.25, 0.3) is 0 Å². The number of hydrogen-bond donors (Lipinski definition) is 1. The maximum Gasteiger partial charge on any atom is 0.416 e. The van der Waals surface area contributed by atoms with Gasteiger partial charge in [-0.1, -0.05) is 30.3 Å². The van der Waals surface area contributed by atoms with E-state index in [4.69, 9.17) is 0 Å². The van der Waals surface area contributed by atoms with E-state index in [1.165, 1.54) is 23.9 Å². The van der Waals surface area contributed by atoms with Crippen molar-refractivity contribution in [2.75, 3.05) is 12.3 Å². The molecular formula is C21H20F3NO2S2. The summed E-state index contributed by atoms with van der Waals surface area (Å²) in [5.74, 6) is -0.352. The van der Waals surface area contributed by atoms with E-state index in [0.717, 1.165) is 10.9 Å². The van der Waals surface area contributed by atoms with Crippen LogP contribution in [-0.2, 0) is 23.9 Å². The van der Waals surface area contributed by atoms with Gasteiger partial charge in [-0.25, -0.2) is 4.79 Å². The number of carbonyl (C=O) groups is 1. The van der Waals surface area contributed by atoms with Gasteiger partial charge in [0.2, 0.25) is 0 Å². The molecule has 1 aliphatic heterocycles. The number of carboxylic acids is 1. The first kappa shape index (κ1) is 21.5. The van der Waals surface area contributed by atoms with Crippen LogP contribution in [0.1, 0.15) is 22.4 Å². The lowest BCUT2D eigenvalue weighted by Gasteiger charge is -2.29. The van der Waals surface area contributed by atoms with E-state index >= 15 is 0 Å². The third-order valence-electron chi connectivity index (χ3n) is 4.39. The largest absolute Gasteiger partial charge is 0.478 e. The van der Waals surface area contributed by atoms with Gasteiger partial charge in [-0.3, -0.25) is 0 Å². The lowest BCUT2D eigenvalue weighted by molar-refractivity contribution is -0.137. The molecule has 8 heteroatoms. The molecule has 2 aromatic rings. The molecular weight excluding hydrogens is 419 g/mol.